The van der Waals surface area contributed by atoms with E-state index in [1.165, 1.54) is 25.9 Å². The fraction of sp³-hybridized carbons (Fsp3) is 1.00. The molecule has 3 heteroatoms. The molecule has 0 saturated carbocycles. The second-order valence-electron chi connectivity index (χ2n) is 3.84. The summed E-state index contributed by atoms with van der Waals surface area (Å²) in [4.78, 5) is 2.49. The van der Waals surface area contributed by atoms with E-state index in [0.29, 0.717) is 12.1 Å². The van der Waals surface area contributed by atoms with Crippen LogP contribution in [0.1, 0.15) is 19.3 Å². The fourth-order valence-corrected chi connectivity index (χ4v) is 2.19. The van der Waals surface area contributed by atoms with Gasteiger partial charge in [-0.25, -0.2) is 0 Å². The van der Waals surface area contributed by atoms with Crippen LogP contribution >= 0.6 is 0 Å². The summed E-state index contributed by atoms with van der Waals surface area (Å²) in [6.45, 7) is 4.15. The minimum absolute atomic E-state index is 0.344. The Balaban J connectivity index is 1.91. The Bertz CT molecular complexity index is 145. The molecule has 0 aliphatic carbocycles. The van der Waals surface area contributed by atoms with Gasteiger partial charge in [0, 0.05) is 18.7 Å². The van der Waals surface area contributed by atoms with E-state index >= 15 is 0 Å². The molecule has 0 spiro atoms. The number of hydrogen-bond donors (Lipinski definition) is 1. The van der Waals surface area contributed by atoms with E-state index < -0.39 is 0 Å². The molecule has 2 heterocycles. The molecular formula is C9H18N2O. The first-order valence-electron chi connectivity index (χ1n) is 4.95. The van der Waals surface area contributed by atoms with Crippen molar-refractivity contribution >= 4 is 0 Å². The van der Waals surface area contributed by atoms with Crippen molar-refractivity contribution in [2.75, 3.05) is 26.3 Å². The second-order valence-corrected chi connectivity index (χ2v) is 3.84. The molecule has 2 aliphatic heterocycles. The minimum Gasteiger partial charge on any atom is -0.380 e. The number of hydrogen-bond acceptors (Lipinski definition) is 3. The van der Waals surface area contributed by atoms with Gasteiger partial charge in [-0.05, 0) is 32.4 Å². The molecule has 2 fully saturated rings. The summed E-state index contributed by atoms with van der Waals surface area (Å²) >= 11 is 0. The fourth-order valence-electron chi connectivity index (χ4n) is 2.19. The van der Waals surface area contributed by atoms with Crippen LogP contribution in [0.5, 0.6) is 0 Å². The van der Waals surface area contributed by atoms with Crippen LogP contribution in [0, 0.1) is 0 Å². The predicted molar refractivity (Wildman–Crippen MR) is 48.0 cm³/mol. The first-order chi connectivity index (χ1) is 5.88. The molecule has 70 valence electrons. The first-order valence-corrected chi connectivity index (χ1v) is 4.95. The molecule has 0 bridgehead atoms. The SMILES string of the molecule is N[C@@H]1CCOC[C@H]1N1CCCC1. The van der Waals surface area contributed by atoms with Crippen molar-refractivity contribution in [2.45, 2.75) is 31.3 Å². The molecular weight excluding hydrogens is 152 g/mol. The van der Waals surface area contributed by atoms with Crippen LogP contribution in [0.25, 0.3) is 0 Å². The van der Waals surface area contributed by atoms with E-state index in [-0.39, 0.29) is 0 Å². The van der Waals surface area contributed by atoms with Gasteiger partial charge in [0.1, 0.15) is 0 Å². The highest BCUT2D eigenvalue weighted by Crippen LogP contribution is 2.17. The molecule has 2 N–H and O–H groups in total. The Labute approximate surface area is 73.9 Å². The molecule has 2 rings (SSSR count). The van der Waals surface area contributed by atoms with Gasteiger partial charge in [-0.3, -0.25) is 4.90 Å². The third-order valence-corrected chi connectivity index (χ3v) is 2.99. The summed E-state index contributed by atoms with van der Waals surface area (Å²) in [5.41, 5.74) is 6.04. The average Bonchev–Trinajstić information content (AvgIpc) is 2.57. The summed E-state index contributed by atoms with van der Waals surface area (Å²) in [7, 11) is 0. The van der Waals surface area contributed by atoms with Crippen molar-refractivity contribution in [3.8, 4) is 0 Å². The predicted octanol–water partition coefficient (Wildman–Crippen LogP) is 0.198. The largest absolute Gasteiger partial charge is 0.380 e. The van der Waals surface area contributed by atoms with Crippen LogP contribution in [0.2, 0.25) is 0 Å². The van der Waals surface area contributed by atoms with Crippen LogP contribution in [-0.2, 0) is 4.74 Å². The average molecular weight is 170 g/mol. The van der Waals surface area contributed by atoms with Gasteiger partial charge in [0.15, 0.2) is 0 Å². The van der Waals surface area contributed by atoms with E-state index in [2.05, 4.69) is 4.90 Å². The summed E-state index contributed by atoms with van der Waals surface area (Å²) in [6, 6.07) is 0.845. The Morgan fingerprint density at radius 1 is 1.25 bits per heavy atom. The highest BCUT2D eigenvalue weighted by molar-refractivity contribution is 4.86. The molecule has 0 unspecified atom stereocenters. The van der Waals surface area contributed by atoms with Crippen molar-refractivity contribution in [2.24, 2.45) is 5.73 Å². The quantitative estimate of drug-likeness (QED) is 0.611. The maximum absolute atomic E-state index is 6.04. The number of nitrogens with two attached hydrogens (primary N) is 1. The van der Waals surface area contributed by atoms with Gasteiger partial charge in [0.05, 0.1) is 6.61 Å². The van der Waals surface area contributed by atoms with Gasteiger partial charge in [-0.1, -0.05) is 0 Å². The molecule has 0 radical (unpaired) electrons. The lowest BCUT2D eigenvalue weighted by atomic mass is 10.0. The number of likely N-dealkylation sites (tertiary alicyclic amines) is 1. The lowest BCUT2D eigenvalue weighted by molar-refractivity contribution is 0.0145. The van der Waals surface area contributed by atoms with E-state index in [1.807, 2.05) is 0 Å². The molecule has 0 amide bonds. The summed E-state index contributed by atoms with van der Waals surface area (Å²) < 4.78 is 5.44. The topological polar surface area (TPSA) is 38.5 Å². The van der Waals surface area contributed by atoms with Crippen LogP contribution < -0.4 is 5.73 Å². The lowest BCUT2D eigenvalue weighted by Crippen LogP contribution is -2.52. The molecule has 0 aromatic heterocycles. The highest BCUT2D eigenvalue weighted by Gasteiger charge is 2.29. The molecule has 12 heavy (non-hydrogen) atoms. The molecule has 3 nitrogen and oxygen atoms in total. The van der Waals surface area contributed by atoms with Gasteiger partial charge in [-0.2, -0.15) is 0 Å². The van der Waals surface area contributed by atoms with Gasteiger partial charge in [-0.15, -0.1) is 0 Å². The van der Waals surface area contributed by atoms with E-state index in [0.717, 1.165) is 19.6 Å². The number of ether oxygens (including phenoxy) is 1. The Morgan fingerprint density at radius 2 is 2.00 bits per heavy atom. The van der Waals surface area contributed by atoms with Crippen LogP contribution in [0.15, 0.2) is 0 Å². The Morgan fingerprint density at radius 3 is 2.67 bits per heavy atom. The third kappa shape index (κ3) is 1.63. The van der Waals surface area contributed by atoms with Gasteiger partial charge >= 0.3 is 0 Å². The van der Waals surface area contributed by atoms with Crippen molar-refractivity contribution in [3.05, 3.63) is 0 Å². The summed E-state index contributed by atoms with van der Waals surface area (Å²) in [6.07, 6.45) is 3.70. The van der Waals surface area contributed by atoms with Gasteiger partial charge in [0.25, 0.3) is 0 Å². The maximum Gasteiger partial charge on any atom is 0.0636 e. The molecule has 2 atom stereocenters. The lowest BCUT2D eigenvalue weighted by Gasteiger charge is -2.35. The van der Waals surface area contributed by atoms with E-state index in [9.17, 15) is 0 Å². The Hall–Kier alpha value is -0.120. The number of rotatable bonds is 1. The summed E-state index contributed by atoms with van der Waals surface area (Å²) in [5.74, 6) is 0. The van der Waals surface area contributed by atoms with Crippen LogP contribution in [0.3, 0.4) is 0 Å². The zero-order valence-electron chi connectivity index (χ0n) is 7.54. The molecule has 0 aromatic rings. The second kappa shape index (κ2) is 3.73. The molecule has 2 saturated heterocycles. The molecule has 2 aliphatic rings. The van der Waals surface area contributed by atoms with E-state index in [4.69, 9.17) is 10.5 Å². The van der Waals surface area contributed by atoms with Crippen molar-refractivity contribution < 1.29 is 4.74 Å². The highest BCUT2D eigenvalue weighted by atomic mass is 16.5. The monoisotopic (exact) mass is 170 g/mol. The van der Waals surface area contributed by atoms with Gasteiger partial charge in [0.2, 0.25) is 0 Å². The molecule has 0 aromatic carbocycles. The van der Waals surface area contributed by atoms with Crippen molar-refractivity contribution in [3.63, 3.8) is 0 Å². The third-order valence-electron chi connectivity index (χ3n) is 2.99. The Kier molecular flexibility index (Phi) is 2.63. The van der Waals surface area contributed by atoms with Crippen molar-refractivity contribution in [1.29, 1.82) is 0 Å². The van der Waals surface area contributed by atoms with Crippen LogP contribution in [-0.4, -0.2) is 43.3 Å². The zero-order valence-corrected chi connectivity index (χ0v) is 7.54. The smallest absolute Gasteiger partial charge is 0.0636 e. The van der Waals surface area contributed by atoms with Gasteiger partial charge < -0.3 is 10.5 Å². The zero-order chi connectivity index (χ0) is 8.39. The standard InChI is InChI=1S/C9H18N2O/c10-8-3-6-12-7-9(8)11-4-1-2-5-11/h8-9H,1-7,10H2/t8-,9-/m1/s1. The normalized spacial score (nSPS) is 38.8. The minimum atomic E-state index is 0.344. The van der Waals surface area contributed by atoms with E-state index in [1.54, 1.807) is 0 Å². The number of nitrogens with zero attached hydrogens (tertiary/aromatic N) is 1. The first kappa shape index (κ1) is 8.48. The van der Waals surface area contributed by atoms with Crippen molar-refractivity contribution in [1.82, 2.24) is 4.90 Å². The summed E-state index contributed by atoms with van der Waals surface area (Å²) in [5, 5.41) is 0. The van der Waals surface area contributed by atoms with Crippen LogP contribution in [0.4, 0.5) is 0 Å². The maximum atomic E-state index is 6.04.